The van der Waals surface area contributed by atoms with Crippen molar-refractivity contribution in [2.24, 2.45) is 7.05 Å². The van der Waals surface area contributed by atoms with Crippen LogP contribution in [0.25, 0.3) is 0 Å². The van der Waals surface area contributed by atoms with Crippen molar-refractivity contribution in [2.75, 3.05) is 19.6 Å². The topological polar surface area (TPSA) is 53.4 Å². The van der Waals surface area contributed by atoms with Gasteiger partial charge in [-0.15, -0.1) is 0 Å². The standard InChI is InChI=1S/C26H31N5O/c1-29-18-20(17-28-29)19-30-15-12-23(13-16-30)31-25(22-8-3-2-4-9-22)24-10-6-5-7-21(24)11-14-27-26(31)32/h2-10,17-18,23,25H,11-16,19H2,1H3,(H,27,32). The molecular weight excluding hydrogens is 398 g/mol. The van der Waals surface area contributed by atoms with E-state index < -0.39 is 0 Å². The number of benzene rings is 2. The Hall–Kier alpha value is -3.12. The summed E-state index contributed by atoms with van der Waals surface area (Å²) in [5.41, 5.74) is 4.99. The molecule has 6 heteroatoms. The number of aromatic nitrogens is 2. The molecule has 5 rings (SSSR count). The van der Waals surface area contributed by atoms with E-state index in [0.717, 1.165) is 38.9 Å². The lowest BCUT2D eigenvalue weighted by Gasteiger charge is -2.44. The molecule has 0 spiro atoms. The summed E-state index contributed by atoms with van der Waals surface area (Å²) in [4.78, 5) is 18.0. The number of urea groups is 1. The van der Waals surface area contributed by atoms with Crippen molar-refractivity contribution in [3.05, 3.63) is 89.2 Å². The lowest BCUT2D eigenvalue weighted by atomic mass is 9.89. The Bertz CT molecular complexity index is 1050. The number of nitrogens with zero attached hydrogens (tertiary/aromatic N) is 4. The van der Waals surface area contributed by atoms with Gasteiger partial charge in [-0.3, -0.25) is 9.58 Å². The minimum Gasteiger partial charge on any atom is -0.338 e. The van der Waals surface area contributed by atoms with Gasteiger partial charge in [-0.1, -0.05) is 54.6 Å². The van der Waals surface area contributed by atoms with Crippen LogP contribution >= 0.6 is 0 Å². The number of amides is 2. The summed E-state index contributed by atoms with van der Waals surface area (Å²) >= 11 is 0. The first-order valence-corrected chi connectivity index (χ1v) is 11.6. The SMILES string of the molecule is Cn1cc(CN2CCC(N3C(=O)NCCc4ccccc4C3c3ccccc3)CC2)cn1. The van der Waals surface area contributed by atoms with Crippen molar-refractivity contribution in [1.29, 1.82) is 0 Å². The number of piperidine rings is 1. The van der Waals surface area contributed by atoms with Crippen molar-refractivity contribution in [2.45, 2.75) is 37.9 Å². The van der Waals surface area contributed by atoms with Crippen LogP contribution in [0.4, 0.5) is 4.79 Å². The molecule has 1 atom stereocenters. The van der Waals surface area contributed by atoms with Gasteiger partial charge in [0.1, 0.15) is 0 Å². The van der Waals surface area contributed by atoms with Crippen LogP contribution in [-0.4, -0.2) is 51.3 Å². The molecule has 32 heavy (non-hydrogen) atoms. The minimum absolute atomic E-state index is 0.0547. The Morgan fingerprint density at radius 3 is 2.53 bits per heavy atom. The van der Waals surface area contributed by atoms with Crippen LogP contribution in [0.5, 0.6) is 0 Å². The lowest BCUT2D eigenvalue weighted by Crippen LogP contribution is -2.53. The molecule has 0 saturated carbocycles. The van der Waals surface area contributed by atoms with E-state index in [1.54, 1.807) is 0 Å². The number of hydrogen-bond donors (Lipinski definition) is 1. The fourth-order valence-corrected chi connectivity index (χ4v) is 5.21. The third kappa shape index (κ3) is 4.28. The average molecular weight is 430 g/mol. The quantitative estimate of drug-likeness (QED) is 0.687. The van der Waals surface area contributed by atoms with Gasteiger partial charge in [0, 0.05) is 51.0 Å². The van der Waals surface area contributed by atoms with Crippen LogP contribution in [0, 0.1) is 0 Å². The number of carbonyl (C=O) groups excluding carboxylic acids is 1. The van der Waals surface area contributed by atoms with Crippen LogP contribution < -0.4 is 5.32 Å². The number of rotatable bonds is 4. The number of fused-ring (bicyclic) bond motifs is 1. The first-order chi connectivity index (χ1) is 15.7. The Morgan fingerprint density at radius 2 is 1.78 bits per heavy atom. The van der Waals surface area contributed by atoms with Crippen molar-refractivity contribution in [3.63, 3.8) is 0 Å². The van der Waals surface area contributed by atoms with E-state index in [-0.39, 0.29) is 18.1 Å². The first kappa shape index (κ1) is 20.8. The number of aryl methyl sites for hydroxylation is 1. The van der Waals surface area contributed by atoms with E-state index in [0.29, 0.717) is 6.54 Å². The summed E-state index contributed by atoms with van der Waals surface area (Å²) < 4.78 is 1.86. The van der Waals surface area contributed by atoms with E-state index in [1.807, 2.05) is 24.0 Å². The van der Waals surface area contributed by atoms with Crippen LogP contribution in [0.1, 0.15) is 41.1 Å². The molecule has 1 saturated heterocycles. The zero-order valence-corrected chi connectivity index (χ0v) is 18.7. The highest BCUT2D eigenvalue weighted by Gasteiger charge is 2.36. The molecule has 0 radical (unpaired) electrons. The molecule has 1 fully saturated rings. The molecule has 2 amide bonds. The van der Waals surface area contributed by atoms with Crippen molar-refractivity contribution in [3.8, 4) is 0 Å². The Labute approximate surface area is 189 Å². The summed E-state index contributed by atoms with van der Waals surface area (Å²) in [6.07, 6.45) is 6.83. The molecule has 1 N–H and O–H groups in total. The normalized spacial score (nSPS) is 20.3. The second-order valence-corrected chi connectivity index (χ2v) is 8.93. The summed E-state index contributed by atoms with van der Waals surface area (Å²) in [6.45, 7) is 3.55. The van der Waals surface area contributed by atoms with Gasteiger partial charge in [0.05, 0.1) is 12.2 Å². The maximum Gasteiger partial charge on any atom is 0.318 e. The molecule has 0 aliphatic carbocycles. The molecule has 166 valence electrons. The number of carbonyl (C=O) groups is 1. The fraction of sp³-hybridized carbons (Fsp3) is 0.385. The lowest BCUT2D eigenvalue weighted by molar-refractivity contribution is 0.0998. The zero-order valence-electron chi connectivity index (χ0n) is 18.7. The van der Waals surface area contributed by atoms with E-state index in [2.05, 4.69) is 74.9 Å². The van der Waals surface area contributed by atoms with Crippen LogP contribution in [0.2, 0.25) is 0 Å². The fourth-order valence-electron chi connectivity index (χ4n) is 5.21. The molecule has 2 aliphatic heterocycles. The molecule has 0 bridgehead atoms. The van der Waals surface area contributed by atoms with Gasteiger partial charge in [-0.2, -0.15) is 5.10 Å². The van der Waals surface area contributed by atoms with Crippen LogP contribution in [0.15, 0.2) is 67.0 Å². The van der Waals surface area contributed by atoms with E-state index in [4.69, 9.17) is 0 Å². The summed E-state index contributed by atoms with van der Waals surface area (Å²) in [7, 11) is 1.96. The molecule has 3 aromatic rings. The summed E-state index contributed by atoms with van der Waals surface area (Å²) in [5, 5.41) is 7.48. The predicted octanol–water partition coefficient (Wildman–Crippen LogP) is 3.74. The molecule has 3 heterocycles. The third-order valence-electron chi connectivity index (χ3n) is 6.76. The summed E-state index contributed by atoms with van der Waals surface area (Å²) in [6, 6.07) is 19.3. The third-order valence-corrected chi connectivity index (χ3v) is 6.76. The molecule has 1 unspecified atom stereocenters. The molecule has 2 aliphatic rings. The van der Waals surface area contributed by atoms with Gasteiger partial charge in [0.2, 0.25) is 0 Å². The highest BCUT2D eigenvalue weighted by molar-refractivity contribution is 5.76. The minimum atomic E-state index is -0.0671. The maximum absolute atomic E-state index is 13.4. The van der Waals surface area contributed by atoms with Crippen molar-refractivity contribution in [1.82, 2.24) is 24.9 Å². The number of nitrogens with one attached hydrogen (secondary N) is 1. The van der Waals surface area contributed by atoms with Gasteiger partial charge in [0.15, 0.2) is 0 Å². The monoisotopic (exact) mass is 429 g/mol. The van der Waals surface area contributed by atoms with Crippen molar-refractivity contribution < 1.29 is 4.79 Å². The Morgan fingerprint density at radius 1 is 1.03 bits per heavy atom. The molecular formula is C26H31N5O. The van der Waals surface area contributed by atoms with Gasteiger partial charge in [0.25, 0.3) is 0 Å². The molecule has 1 aromatic heterocycles. The first-order valence-electron chi connectivity index (χ1n) is 11.6. The number of hydrogen-bond acceptors (Lipinski definition) is 3. The van der Waals surface area contributed by atoms with Crippen molar-refractivity contribution >= 4 is 6.03 Å². The maximum atomic E-state index is 13.4. The van der Waals surface area contributed by atoms with E-state index in [9.17, 15) is 4.79 Å². The Kier molecular flexibility index (Phi) is 5.95. The van der Waals surface area contributed by atoms with Gasteiger partial charge in [-0.25, -0.2) is 4.79 Å². The van der Waals surface area contributed by atoms with E-state index >= 15 is 0 Å². The largest absolute Gasteiger partial charge is 0.338 e. The number of likely N-dealkylation sites (tertiary alicyclic amines) is 1. The molecule has 2 aromatic carbocycles. The zero-order chi connectivity index (χ0) is 21.9. The highest BCUT2D eigenvalue weighted by atomic mass is 16.2. The molecule has 6 nitrogen and oxygen atoms in total. The van der Waals surface area contributed by atoms with Gasteiger partial charge < -0.3 is 10.2 Å². The predicted molar refractivity (Wildman–Crippen MR) is 125 cm³/mol. The van der Waals surface area contributed by atoms with Crippen LogP contribution in [-0.2, 0) is 20.0 Å². The second-order valence-electron chi connectivity index (χ2n) is 8.93. The van der Waals surface area contributed by atoms with Gasteiger partial charge in [-0.05, 0) is 36.0 Å². The highest BCUT2D eigenvalue weighted by Crippen LogP contribution is 2.36. The average Bonchev–Trinajstić information content (AvgIpc) is 3.22. The smallest absolute Gasteiger partial charge is 0.318 e. The Balaban J connectivity index is 1.42. The summed E-state index contributed by atoms with van der Waals surface area (Å²) in [5.74, 6) is 0. The van der Waals surface area contributed by atoms with Crippen LogP contribution in [0.3, 0.4) is 0 Å². The van der Waals surface area contributed by atoms with Gasteiger partial charge >= 0.3 is 6.03 Å². The second kappa shape index (κ2) is 9.17. The van der Waals surface area contributed by atoms with E-state index in [1.165, 1.54) is 22.3 Å².